The number of hydrogen-bond donors (Lipinski definition) is 1. The first-order chi connectivity index (χ1) is 10.2. The van der Waals surface area contributed by atoms with Gasteiger partial charge in [0, 0.05) is 17.0 Å². The van der Waals surface area contributed by atoms with Gasteiger partial charge in [-0.3, -0.25) is 0 Å². The molecule has 1 aromatic heterocycles. The SMILES string of the molecule is CNC(C)Cc1ccc(-c2cc3cc(C)ccc3o2)cc1. The highest BCUT2D eigenvalue weighted by Crippen LogP contribution is 2.28. The summed E-state index contributed by atoms with van der Waals surface area (Å²) in [4.78, 5) is 0. The van der Waals surface area contributed by atoms with Crippen LogP contribution in [0.15, 0.2) is 52.9 Å². The van der Waals surface area contributed by atoms with E-state index in [-0.39, 0.29) is 0 Å². The third-order valence-electron chi connectivity index (χ3n) is 3.94. The van der Waals surface area contributed by atoms with E-state index in [2.05, 4.69) is 61.6 Å². The summed E-state index contributed by atoms with van der Waals surface area (Å²) in [5, 5.41) is 4.43. The van der Waals surface area contributed by atoms with Crippen LogP contribution >= 0.6 is 0 Å². The van der Waals surface area contributed by atoms with E-state index in [1.54, 1.807) is 0 Å². The lowest BCUT2D eigenvalue weighted by Gasteiger charge is -2.09. The quantitative estimate of drug-likeness (QED) is 0.757. The molecule has 0 aliphatic rings. The molecule has 1 atom stereocenters. The Labute approximate surface area is 125 Å². The predicted molar refractivity (Wildman–Crippen MR) is 88.6 cm³/mol. The number of fused-ring (bicyclic) bond motifs is 1. The Morgan fingerprint density at radius 2 is 1.81 bits per heavy atom. The first kappa shape index (κ1) is 13.9. The third kappa shape index (κ3) is 3.01. The second-order valence-corrected chi connectivity index (χ2v) is 5.74. The number of hydrogen-bond acceptors (Lipinski definition) is 2. The molecule has 1 unspecified atom stereocenters. The van der Waals surface area contributed by atoms with E-state index in [9.17, 15) is 0 Å². The minimum Gasteiger partial charge on any atom is -0.456 e. The standard InChI is InChI=1S/C19H21NO/c1-13-4-9-18-17(10-13)12-19(21-18)16-7-5-15(6-8-16)11-14(2)20-3/h4-10,12,14,20H,11H2,1-3H3. The highest BCUT2D eigenvalue weighted by molar-refractivity contribution is 5.83. The van der Waals surface area contributed by atoms with Gasteiger partial charge in [-0.1, -0.05) is 35.9 Å². The molecule has 0 saturated heterocycles. The average Bonchev–Trinajstić information content (AvgIpc) is 2.90. The molecule has 3 aromatic rings. The third-order valence-corrected chi connectivity index (χ3v) is 3.94. The van der Waals surface area contributed by atoms with Crippen molar-refractivity contribution in [3.63, 3.8) is 0 Å². The zero-order chi connectivity index (χ0) is 14.8. The zero-order valence-electron chi connectivity index (χ0n) is 12.8. The van der Waals surface area contributed by atoms with Gasteiger partial charge >= 0.3 is 0 Å². The van der Waals surface area contributed by atoms with Crippen LogP contribution in [0.2, 0.25) is 0 Å². The fraction of sp³-hybridized carbons (Fsp3) is 0.263. The summed E-state index contributed by atoms with van der Waals surface area (Å²) in [6, 6.07) is 17.5. The van der Waals surface area contributed by atoms with Crippen molar-refractivity contribution in [2.45, 2.75) is 26.3 Å². The molecule has 2 heteroatoms. The number of aryl methyl sites for hydroxylation is 1. The molecule has 0 aliphatic heterocycles. The van der Waals surface area contributed by atoms with Crippen molar-refractivity contribution in [3.8, 4) is 11.3 Å². The van der Waals surface area contributed by atoms with Gasteiger partial charge in [0.1, 0.15) is 11.3 Å². The normalized spacial score (nSPS) is 12.7. The van der Waals surface area contributed by atoms with Crippen LogP contribution in [0.5, 0.6) is 0 Å². The Kier molecular flexibility index (Phi) is 3.80. The van der Waals surface area contributed by atoms with E-state index in [1.165, 1.54) is 11.1 Å². The minimum atomic E-state index is 0.491. The van der Waals surface area contributed by atoms with Gasteiger partial charge in [0.2, 0.25) is 0 Å². The van der Waals surface area contributed by atoms with Crippen LogP contribution in [0, 0.1) is 6.92 Å². The van der Waals surface area contributed by atoms with Crippen LogP contribution in [0.4, 0.5) is 0 Å². The van der Waals surface area contributed by atoms with Crippen LogP contribution in [-0.4, -0.2) is 13.1 Å². The Balaban J connectivity index is 1.88. The molecule has 0 spiro atoms. The smallest absolute Gasteiger partial charge is 0.135 e. The summed E-state index contributed by atoms with van der Waals surface area (Å²) >= 11 is 0. The van der Waals surface area contributed by atoms with E-state index in [0.717, 1.165) is 28.7 Å². The second-order valence-electron chi connectivity index (χ2n) is 5.74. The molecule has 0 bridgehead atoms. The van der Waals surface area contributed by atoms with Crippen LogP contribution < -0.4 is 5.32 Å². The molecule has 0 saturated carbocycles. The Morgan fingerprint density at radius 1 is 1.05 bits per heavy atom. The van der Waals surface area contributed by atoms with Crippen LogP contribution in [0.3, 0.4) is 0 Å². The molecule has 3 rings (SSSR count). The molecule has 1 N–H and O–H groups in total. The van der Waals surface area contributed by atoms with Gasteiger partial charge in [0.15, 0.2) is 0 Å². The molecule has 108 valence electrons. The molecule has 21 heavy (non-hydrogen) atoms. The Hall–Kier alpha value is -2.06. The minimum absolute atomic E-state index is 0.491. The van der Waals surface area contributed by atoms with E-state index >= 15 is 0 Å². The summed E-state index contributed by atoms with van der Waals surface area (Å²) in [5.74, 6) is 0.934. The van der Waals surface area contributed by atoms with Crippen LogP contribution in [-0.2, 0) is 6.42 Å². The van der Waals surface area contributed by atoms with Gasteiger partial charge < -0.3 is 9.73 Å². The van der Waals surface area contributed by atoms with Gasteiger partial charge in [0.25, 0.3) is 0 Å². The van der Waals surface area contributed by atoms with Crippen molar-refractivity contribution >= 4 is 11.0 Å². The van der Waals surface area contributed by atoms with E-state index in [4.69, 9.17) is 4.42 Å². The molecule has 0 radical (unpaired) electrons. The highest BCUT2D eigenvalue weighted by Gasteiger charge is 2.07. The second kappa shape index (κ2) is 5.74. The zero-order valence-corrected chi connectivity index (χ0v) is 12.8. The van der Waals surface area contributed by atoms with Crippen molar-refractivity contribution in [1.29, 1.82) is 0 Å². The lowest BCUT2D eigenvalue weighted by atomic mass is 10.0. The number of furan rings is 1. The molecule has 0 amide bonds. The van der Waals surface area contributed by atoms with Crippen LogP contribution in [0.1, 0.15) is 18.1 Å². The van der Waals surface area contributed by atoms with Gasteiger partial charge in [-0.15, -0.1) is 0 Å². The van der Waals surface area contributed by atoms with Gasteiger partial charge in [0.05, 0.1) is 0 Å². The number of rotatable bonds is 4. The van der Waals surface area contributed by atoms with Gasteiger partial charge in [-0.25, -0.2) is 0 Å². The summed E-state index contributed by atoms with van der Waals surface area (Å²) < 4.78 is 5.94. The lowest BCUT2D eigenvalue weighted by molar-refractivity contribution is 0.608. The average molecular weight is 279 g/mol. The Morgan fingerprint density at radius 3 is 2.52 bits per heavy atom. The number of likely N-dealkylation sites (N-methyl/N-ethyl adjacent to an activating group) is 1. The summed E-state index contributed by atoms with van der Waals surface area (Å²) in [7, 11) is 2.00. The molecule has 1 heterocycles. The van der Waals surface area contributed by atoms with Crippen molar-refractivity contribution in [1.82, 2.24) is 5.32 Å². The van der Waals surface area contributed by atoms with Crippen molar-refractivity contribution < 1.29 is 4.42 Å². The van der Waals surface area contributed by atoms with Crippen molar-refractivity contribution in [2.24, 2.45) is 0 Å². The van der Waals surface area contributed by atoms with E-state index < -0.39 is 0 Å². The number of nitrogens with one attached hydrogen (secondary N) is 1. The van der Waals surface area contributed by atoms with E-state index in [1.807, 2.05) is 13.1 Å². The molecule has 2 nitrogen and oxygen atoms in total. The van der Waals surface area contributed by atoms with Gasteiger partial charge in [-0.2, -0.15) is 0 Å². The highest BCUT2D eigenvalue weighted by atomic mass is 16.3. The molecule has 0 fully saturated rings. The fourth-order valence-electron chi connectivity index (χ4n) is 2.57. The predicted octanol–water partition coefficient (Wildman–Crippen LogP) is 4.56. The maximum Gasteiger partial charge on any atom is 0.135 e. The molecule has 2 aromatic carbocycles. The fourth-order valence-corrected chi connectivity index (χ4v) is 2.57. The maximum absolute atomic E-state index is 5.94. The largest absolute Gasteiger partial charge is 0.456 e. The van der Waals surface area contributed by atoms with E-state index in [0.29, 0.717) is 6.04 Å². The van der Waals surface area contributed by atoms with Crippen molar-refractivity contribution in [3.05, 3.63) is 59.7 Å². The molecular weight excluding hydrogens is 258 g/mol. The summed E-state index contributed by atoms with van der Waals surface area (Å²) in [6.45, 7) is 4.29. The lowest BCUT2D eigenvalue weighted by Crippen LogP contribution is -2.23. The Bertz CT molecular complexity index is 740. The van der Waals surface area contributed by atoms with Gasteiger partial charge in [-0.05, 0) is 51.1 Å². The monoisotopic (exact) mass is 279 g/mol. The molecule has 0 aliphatic carbocycles. The maximum atomic E-state index is 5.94. The topological polar surface area (TPSA) is 25.2 Å². The van der Waals surface area contributed by atoms with Crippen molar-refractivity contribution in [2.75, 3.05) is 7.05 Å². The summed E-state index contributed by atoms with van der Waals surface area (Å²) in [6.07, 6.45) is 1.04. The number of benzene rings is 2. The molecular formula is C19H21NO. The summed E-state index contributed by atoms with van der Waals surface area (Å²) in [5.41, 5.74) is 4.67. The first-order valence-electron chi connectivity index (χ1n) is 7.42. The van der Waals surface area contributed by atoms with Crippen LogP contribution in [0.25, 0.3) is 22.3 Å². The first-order valence-corrected chi connectivity index (χ1v) is 7.42.